The number of fused-ring (bicyclic) bond motifs is 1. The molecule has 3 aromatic heterocycles. The normalized spacial score (nSPS) is 11.2. The molecule has 3 amide bonds. The van der Waals surface area contributed by atoms with Crippen LogP contribution >= 0.6 is 0 Å². The topological polar surface area (TPSA) is 162 Å². The molecular formula is C22H22N8O4S. The first-order valence-corrected chi connectivity index (χ1v) is 12.2. The first-order chi connectivity index (χ1) is 16.6. The average Bonchev–Trinajstić information content (AvgIpc) is 3.23. The highest BCUT2D eigenvalue weighted by atomic mass is 32.2. The monoisotopic (exact) mass is 494 g/mol. The summed E-state index contributed by atoms with van der Waals surface area (Å²) in [6.45, 7) is 0. The number of aromatic nitrogens is 4. The maximum Gasteiger partial charge on any atom is 0.321 e. The molecule has 0 bridgehead atoms. The minimum atomic E-state index is -3.45. The van der Waals surface area contributed by atoms with Crippen LogP contribution in [0.4, 0.5) is 22.0 Å². The number of aromatic amines is 1. The van der Waals surface area contributed by atoms with Gasteiger partial charge in [0.1, 0.15) is 5.82 Å². The van der Waals surface area contributed by atoms with Crippen molar-refractivity contribution in [3.63, 3.8) is 0 Å². The molecule has 3 heterocycles. The van der Waals surface area contributed by atoms with Crippen LogP contribution in [0, 0.1) is 0 Å². The average molecular weight is 495 g/mol. The van der Waals surface area contributed by atoms with E-state index in [9.17, 15) is 18.0 Å². The number of hydrogen-bond acceptors (Lipinski definition) is 7. The Morgan fingerprint density at radius 1 is 0.943 bits per heavy atom. The molecule has 4 rings (SSSR count). The van der Waals surface area contributed by atoms with E-state index in [1.54, 1.807) is 44.7 Å². The maximum atomic E-state index is 12.9. The molecule has 0 saturated heterocycles. The van der Waals surface area contributed by atoms with Crippen molar-refractivity contribution in [2.45, 2.75) is 0 Å². The van der Waals surface area contributed by atoms with Crippen LogP contribution in [-0.2, 0) is 10.0 Å². The smallest absolute Gasteiger partial charge is 0.321 e. The van der Waals surface area contributed by atoms with Crippen molar-refractivity contribution in [3.05, 3.63) is 60.7 Å². The predicted octanol–water partition coefficient (Wildman–Crippen LogP) is 2.74. The van der Waals surface area contributed by atoms with Gasteiger partial charge in [0.05, 0.1) is 35.5 Å². The number of carbonyl (C=O) groups is 2. The van der Waals surface area contributed by atoms with Gasteiger partial charge in [0.15, 0.2) is 5.69 Å². The molecule has 0 radical (unpaired) electrons. The molecule has 4 aromatic rings. The zero-order chi connectivity index (χ0) is 25.2. The van der Waals surface area contributed by atoms with Crippen LogP contribution in [0.2, 0.25) is 0 Å². The summed E-state index contributed by atoms with van der Waals surface area (Å²) in [6, 6.07) is 9.93. The molecule has 0 aliphatic carbocycles. The SMILES string of the molecule is CN(C)C(=O)Nc1cncc(-c2ccc3[nH]nc(C(=O)Nc4ccc(NS(C)(=O)=O)nc4)c3c2)c1. The molecule has 4 N–H and O–H groups in total. The molecule has 0 spiro atoms. The zero-order valence-corrected chi connectivity index (χ0v) is 19.8. The molecule has 0 aliphatic heterocycles. The minimum Gasteiger partial charge on any atom is -0.331 e. The second-order valence-corrected chi connectivity index (χ2v) is 9.63. The molecule has 0 unspecified atom stereocenters. The minimum absolute atomic E-state index is 0.137. The van der Waals surface area contributed by atoms with Gasteiger partial charge in [-0.1, -0.05) is 6.07 Å². The maximum absolute atomic E-state index is 12.9. The van der Waals surface area contributed by atoms with Crippen LogP contribution in [-0.4, -0.2) is 65.8 Å². The highest BCUT2D eigenvalue weighted by Gasteiger charge is 2.16. The van der Waals surface area contributed by atoms with Crippen LogP contribution in [0.3, 0.4) is 0 Å². The Morgan fingerprint density at radius 3 is 2.43 bits per heavy atom. The molecule has 180 valence electrons. The van der Waals surface area contributed by atoms with E-state index in [1.807, 2.05) is 6.07 Å². The molecule has 0 saturated carbocycles. The fourth-order valence-corrected chi connectivity index (χ4v) is 3.68. The van der Waals surface area contributed by atoms with E-state index >= 15 is 0 Å². The number of pyridine rings is 2. The number of nitrogens with one attached hydrogen (secondary N) is 4. The van der Waals surface area contributed by atoms with Crippen molar-refractivity contribution in [1.82, 2.24) is 25.1 Å². The van der Waals surface area contributed by atoms with Crippen molar-refractivity contribution in [3.8, 4) is 11.1 Å². The van der Waals surface area contributed by atoms with Gasteiger partial charge in [-0.15, -0.1) is 0 Å². The van der Waals surface area contributed by atoms with Gasteiger partial charge in [-0.2, -0.15) is 5.10 Å². The lowest BCUT2D eigenvalue weighted by molar-refractivity contribution is 0.102. The van der Waals surface area contributed by atoms with Gasteiger partial charge in [-0.25, -0.2) is 18.2 Å². The highest BCUT2D eigenvalue weighted by Crippen LogP contribution is 2.27. The number of anilines is 3. The van der Waals surface area contributed by atoms with Crippen LogP contribution < -0.4 is 15.4 Å². The number of hydrogen-bond donors (Lipinski definition) is 4. The number of benzene rings is 1. The van der Waals surface area contributed by atoms with Crippen molar-refractivity contribution >= 4 is 50.1 Å². The number of nitrogens with zero attached hydrogens (tertiary/aromatic N) is 4. The van der Waals surface area contributed by atoms with Gasteiger partial charge in [-0.05, 0) is 35.9 Å². The second-order valence-electron chi connectivity index (χ2n) is 7.88. The first-order valence-electron chi connectivity index (χ1n) is 10.3. The molecule has 0 fully saturated rings. The molecule has 1 aromatic carbocycles. The quantitative estimate of drug-likeness (QED) is 0.320. The van der Waals surface area contributed by atoms with Gasteiger partial charge >= 0.3 is 6.03 Å². The van der Waals surface area contributed by atoms with Crippen molar-refractivity contribution in [2.75, 3.05) is 35.7 Å². The highest BCUT2D eigenvalue weighted by molar-refractivity contribution is 7.92. The van der Waals surface area contributed by atoms with Gasteiger partial charge in [0, 0.05) is 31.2 Å². The van der Waals surface area contributed by atoms with Crippen LogP contribution in [0.1, 0.15) is 10.5 Å². The molecule has 0 atom stereocenters. The van der Waals surface area contributed by atoms with Crippen LogP contribution in [0.25, 0.3) is 22.0 Å². The van der Waals surface area contributed by atoms with E-state index in [0.717, 1.165) is 17.4 Å². The van der Waals surface area contributed by atoms with Crippen molar-refractivity contribution in [1.29, 1.82) is 0 Å². The molecule has 35 heavy (non-hydrogen) atoms. The van der Waals surface area contributed by atoms with E-state index in [-0.39, 0.29) is 17.5 Å². The summed E-state index contributed by atoms with van der Waals surface area (Å²) in [5, 5.41) is 13.0. The number of carbonyl (C=O) groups excluding carboxylic acids is 2. The van der Waals surface area contributed by atoms with Gasteiger partial charge in [0.25, 0.3) is 5.91 Å². The fourth-order valence-electron chi connectivity index (χ4n) is 3.18. The van der Waals surface area contributed by atoms with E-state index in [4.69, 9.17) is 0 Å². The third-order valence-electron chi connectivity index (χ3n) is 4.82. The summed E-state index contributed by atoms with van der Waals surface area (Å²) >= 11 is 0. The third-order valence-corrected chi connectivity index (χ3v) is 5.40. The Balaban J connectivity index is 1.57. The van der Waals surface area contributed by atoms with E-state index in [2.05, 4.69) is 35.5 Å². The van der Waals surface area contributed by atoms with Crippen molar-refractivity contribution < 1.29 is 18.0 Å². The number of H-pyrrole nitrogens is 1. The van der Waals surface area contributed by atoms with Crippen LogP contribution in [0.5, 0.6) is 0 Å². The summed E-state index contributed by atoms with van der Waals surface area (Å²) in [4.78, 5) is 34.4. The summed E-state index contributed by atoms with van der Waals surface area (Å²) in [7, 11) is -0.170. The first kappa shape index (κ1) is 23.6. The standard InChI is InChI=1S/C22H22N8O4S/c1-30(2)22(32)26-16-8-14(10-23-11-16)13-4-6-18-17(9-13)20(28-27-18)21(31)25-15-5-7-19(24-12-15)29-35(3,33)34/h4-12H,1-3H3,(H,24,29)(H,25,31)(H,26,32)(H,27,28). The Morgan fingerprint density at radius 2 is 1.74 bits per heavy atom. The third kappa shape index (κ3) is 5.70. The Bertz CT molecular complexity index is 1510. The van der Waals surface area contributed by atoms with E-state index < -0.39 is 15.9 Å². The molecule has 13 heteroatoms. The number of urea groups is 1. The second kappa shape index (κ2) is 9.38. The van der Waals surface area contributed by atoms with E-state index in [0.29, 0.717) is 22.3 Å². The molecule has 0 aliphatic rings. The predicted molar refractivity (Wildman–Crippen MR) is 133 cm³/mol. The summed E-state index contributed by atoms with van der Waals surface area (Å²) < 4.78 is 24.9. The Kier molecular flexibility index (Phi) is 6.34. The van der Waals surface area contributed by atoms with Gasteiger partial charge < -0.3 is 15.5 Å². The summed E-state index contributed by atoms with van der Waals surface area (Å²) in [5.74, 6) is -0.331. The molecular weight excluding hydrogens is 472 g/mol. The van der Waals surface area contributed by atoms with Crippen molar-refractivity contribution in [2.24, 2.45) is 0 Å². The number of sulfonamides is 1. The lowest BCUT2D eigenvalue weighted by Gasteiger charge is -2.12. The largest absolute Gasteiger partial charge is 0.331 e. The summed E-state index contributed by atoms with van der Waals surface area (Å²) in [6.07, 6.45) is 5.56. The zero-order valence-electron chi connectivity index (χ0n) is 19.0. The number of rotatable bonds is 6. The van der Waals surface area contributed by atoms with Crippen LogP contribution in [0.15, 0.2) is 55.0 Å². The van der Waals surface area contributed by atoms with E-state index in [1.165, 1.54) is 23.2 Å². The Labute approximate surface area is 200 Å². The molecule has 12 nitrogen and oxygen atoms in total. The Hall–Kier alpha value is -4.52. The lowest BCUT2D eigenvalue weighted by atomic mass is 10.0. The fraction of sp³-hybridized carbons (Fsp3) is 0.136. The lowest BCUT2D eigenvalue weighted by Crippen LogP contribution is -2.27. The van der Waals surface area contributed by atoms with Gasteiger partial charge in [0.2, 0.25) is 10.0 Å². The summed E-state index contributed by atoms with van der Waals surface area (Å²) in [5.41, 5.74) is 3.26. The van der Waals surface area contributed by atoms with Gasteiger partial charge in [-0.3, -0.25) is 19.6 Å². The number of amides is 3.